The van der Waals surface area contributed by atoms with Crippen LogP contribution in [-0.4, -0.2) is 16.6 Å². The number of hydrogen-bond acceptors (Lipinski definition) is 4. The van der Waals surface area contributed by atoms with Crippen LogP contribution in [-0.2, 0) is 11.3 Å². The van der Waals surface area contributed by atoms with Crippen LogP contribution < -0.4 is 4.74 Å². The van der Waals surface area contributed by atoms with Crippen LogP contribution in [0.25, 0.3) is 0 Å². The van der Waals surface area contributed by atoms with Gasteiger partial charge in [0.2, 0.25) is 5.88 Å². The highest BCUT2D eigenvalue weighted by Crippen LogP contribution is 2.24. The van der Waals surface area contributed by atoms with E-state index in [0.29, 0.717) is 30.1 Å². The molecule has 106 valence electrons. The maximum absolute atomic E-state index is 5.96. The lowest BCUT2D eigenvalue weighted by molar-refractivity contribution is 0.128. The van der Waals surface area contributed by atoms with Crippen molar-refractivity contribution in [2.45, 2.75) is 27.4 Å². The van der Waals surface area contributed by atoms with Crippen molar-refractivity contribution in [3.8, 4) is 11.6 Å². The molecule has 1 aromatic heterocycles. The molecule has 0 spiro atoms. The Morgan fingerprint density at radius 3 is 2.60 bits per heavy atom. The highest BCUT2D eigenvalue weighted by atomic mass is 35.5. The first-order chi connectivity index (χ1) is 9.58. The van der Waals surface area contributed by atoms with Crippen LogP contribution >= 0.6 is 11.6 Å². The molecule has 0 saturated carbocycles. The van der Waals surface area contributed by atoms with Crippen LogP contribution in [0, 0.1) is 13.8 Å². The van der Waals surface area contributed by atoms with Gasteiger partial charge in [-0.25, -0.2) is 4.98 Å². The normalized spacial score (nSPS) is 10.6. The van der Waals surface area contributed by atoms with E-state index in [-0.39, 0.29) is 0 Å². The van der Waals surface area contributed by atoms with Gasteiger partial charge in [-0.15, -0.1) is 0 Å². The molecule has 0 amide bonds. The lowest BCUT2D eigenvalue weighted by Crippen LogP contribution is -2.01. The molecule has 0 radical (unpaired) electrons. The minimum atomic E-state index is 0.320. The minimum Gasteiger partial charge on any atom is -0.439 e. The zero-order valence-corrected chi connectivity index (χ0v) is 12.6. The van der Waals surface area contributed by atoms with Crippen LogP contribution in [0.2, 0.25) is 5.15 Å². The summed E-state index contributed by atoms with van der Waals surface area (Å²) in [5.41, 5.74) is 2.38. The van der Waals surface area contributed by atoms with Crippen molar-refractivity contribution in [1.29, 1.82) is 0 Å². The van der Waals surface area contributed by atoms with Gasteiger partial charge in [-0.1, -0.05) is 17.7 Å². The third-order valence-corrected chi connectivity index (χ3v) is 3.05. The molecule has 0 aliphatic carbocycles. The zero-order valence-electron chi connectivity index (χ0n) is 11.8. The highest BCUT2D eigenvalue weighted by molar-refractivity contribution is 6.29. The second kappa shape index (κ2) is 6.68. The number of rotatable bonds is 5. The molecule has 5 heteroatoms. The first-order valence-corrected chi connectivity index (χ1v) is 6.82. The molecule has 4 nitrogen and oxygen atoms in total. The summed E-state index contributed by atoms with van der Waals surface area (Å²) in [5, 5.41) is 0.341. The van der Waals surface area contributed by atoms with Crippen LogP contribution in [0.4, 0.5) is 0 Å². The number of nitrogens with zero attached hydrogens (tertiary/aromatic N) is 2. The van der Waals surface area contributed by atoms with Gasteiger partial charge >= 0.3 is 0 Å². The average Bonchev–Trinajstić information content (AvgIpc) is 2.40. The van der Waals surface area contributed by atoms with Gasteiger partial charge in [0.15, 0.2) is 5.82 Å². The molecule has 1 aromatic carbocycles. The Morgan fingerprint density at radius 2 is 1.90 bits per heavy atom. The van der Waals surface area contributed by atoms with Crippen LogP contribution in [0.3, 0.4) is 0 Å². The predicted octanol–water partition coefficient (Wildman–Crippen LogP) is 4.08. The fourth-order valence-electron chi connectivity index (χ4n) is 1.65. The van der Waals surface area contributed by atoms with E-state index in [4.69, 9.17) is 21.1 Å². The summed E-state index contributed by atoms with van der Waals surface area (Å²) in [5.74, 6) is 1.66. The number of hydrogen-bond donors (Lipinski definition) is 0. The molecule has 0 bridgehead atoms. The van der Waals surface area contributed by atoms with E-state index in [1.807, 2.05) is 32.0 Å². The van der Waals surface area contributed by atoms with Crippen molar-refractivity contribution in [2.75, 3.05) is 6.61 Å². The van der Waals surface area contributed by atoms with E-state index in [1.54, 1.807) is 6.07 Å². The van der Waals surface area contributed by atoms with E-state index in [2.05, 4.69) is 16.9 Å². The Morgan fingerprint density at radius 1 is 1.10 bits per heavy atom. The van der Waals surface area contributed by atoms with Gasteiger partial charge in [0.05, 0.1) is 0 Å². The van der Waals surface area contributed by atoms with Gasteiger partial charge in [-0.05, 0) is 44.0 Å². The largest absolute Gasteiger partial charge is 0.439 e. The van der Waals surface area contributed by atoms with Crippen molar-refractivity contribution >= 4 is 11.6 Å². The monoisotopic (exact) mass is 292 g/mol. The molecule has 0 fully saturated rings. The molecule has 2 aromatic rings. The first-order valence-electron chi connectivity index (χ1n) is 6.45. The Labute approximate surface area is 123 Å². The van der Waals surface area contributed by atoms with Gasteiger partial charge in [-0.3, -0.25) is 0 Å². The number of aryl methyl sites for hydroxylation is 2. The Balaban J connectivity index is 2.19. The zero-order chi connectivity index (χ0) is 14.5. The summed E-state index contributed by atoms with van der Waals surface area (Å²) in [6.07, 6.45) is 0. The van der Waals surface area contributed by atoms with Gasteiger partial charge in [0, 0.05) is 12.7 Å². The summed E-state index contributed by atoms with van der Waals surface area (Å²) in [7, 11) is 0. The molecule has 0 saturated heterocycles. The summed E-state index contributed by atoms with van der Waals surface area (Å²) < 4.78 is 11.0. The average molecular weight is 293 g/mol. The van der Waals surface area contributed by atoms with Crippen LogP contribution in [0.1, 0.15) is 23.9 Å². The molecular formula is C15H17ClN2O2. The number of ether oxygens (including phenoxy) is 2. The van der Waals surface area contributed by atoms with Crippen LogP contribution in [0.15, 0.2) is 24.3 Å². The van der Waals surface area contributed by atoms with Gasteiger partial charge < -0.3 is 9.47 Å². The van der Waals surface area contributed by atoms with E-state index < -0.39 is 0 Å². The molecule has 2 rings (SSSR count). The predicted molar refractivity (Wildman–Crippen MR) is 78.4 cm³/mol. The van der Waals surface area contributed by atoms with E-state index in [9.17, 15) is 0 Å². The number of benzene rings is 1. The van der Waals surface area contributed by atoms with E-state index in [1.165, 1.54) is 5.56 Å². The molecule has 1 heterocycles. The topological polar surface area (TPSA) is 44.2 Å². The maximum atomic E-state index is 5.96. The van der Waals surface area contributed by atoms with Crippen molar-refractivity contribution in [1.82, 2.24) is 9.97 Å². The van der Waals surface area contributed by atoms with Gasteiger partial charge in [-0.2, -0.15) is 4.98 Å². The standard InChI is InChI=1S/C15H17ClN2O2/c1-4-19-9-14-17-13(16)8-15(18-14)20-12-6-5-10(2)11(3)7-12/h5-8H,4,9H2,1-3H3. The van der Waals surface area contributed by atoms with Gasteiger partial charge in [0.1, 0.15) is 17.5 Å². The molecule has 20 heavy (non-hydrogen) atoms. The molecule has 0 aliphatic rings. The second-order valence-electron chi connectivity index (χ2n) is 4.43. The number of aromatic nitrogens is 2. The minimum absolute atomic E-state index is 0.320. The third kappa shape index (κ3) is 3.92. The lowest BCUT2D eigenvalue weighted by Gasteiger charge is -2.08. The smallest absolute Gasteiger partial charge is 0.224 e. The van der Waals surface area contributed by atoms with Crippen molar-refractivity contribution in [3.05, 3.63) is 46.4 Å². The highest BCUT2D eigenvalue weighted by Gasteiger charge is 2.06. The Hall–Kier alpha value is -1.65. The SMILES string of the molecule is CCOCc1nc(Cl)cc(Oc2ccc(C)c(C)c2)n1. The fraction of sp³-hybridized carbons (Fsp3) is 0.333. The van der Waals surface area contributed by atoms with Gasteiger partial charge in [0.25, 0.3) is 0 Å². The third-order valence-electron chi connectivity index (χ3n) is 2.85. The van der Waals surface area contributed by atoms with E-state index >= 15 is 0 Å². The summed E-state index contributed by atoms with van der Waals surface area (Å²) >= 11 is 5.96. The quantitative estimate of drug-likeness (QED) is 0.779. The van der Waals surface area contributed by atoms with Crippen molar-refractivity contribution in [2.24, 2.45) is 0 Å². The van der Waals surface area contributed by atoms with E-state index in [0.717, 1.165) is 11.3 Å². The molecule has 0 unspecified atom stereocenters. The molecule has 0 aliphatic heterocycles. The van der Waals surface area contributed by atoms with Crippen molar-refractivity contribution < 1.29 is 9.47 Å². The first kappa shape index (κ1) is 14.8. The summed E-state index contributed by atoms with van der Waals surface area (Å²) in [6, 6.07) is 7.47. The molecular weight excluding hydrogens is 276 g/mol. The maximum Gasteiger partial charge on any atom is 0.224 e. The van der Waals surface area contributed by atoms with Crippen molar-refractivity contribution in [3.63, 3.8) is 0 Å². The number of halogens is 1. The summed E-state index contributed by atoms with van der Waals surface area (Å²) in [6.45, 7) is 6.93. The Kier molecular flexibility index (Phi) is 4.93. The molecule has 0 N–H and O–H groups in total. The fourth-order valence-corrected chi connectivity index (χ4v) is 1.84. The Bertz CT molecular complexity index is 602. The second-order valence-corrected chi connectivity index (χ2v) is 4.82. The summed E-state index contributed by atoms with van der Waals surface area (Å²) in [4.78, 5) is 8.37. The van der Waals surface area contributed by atoms with Crippen LogP contribution in [0.5, 0.6) is 11.6 Å². The lowest BCUT2D eigenvalue weighted by atomic mass is 10.1. The molecule has 0 atom stereocenters.